The largest absolute Gasteiger partial charge is 0.490 e. The van der Waals surface area contributed by atoms with E-state index < -0.39 is 0 Å². The molecule has 4 nitrogen and oxygen atoms in total. The van der Waals surface area contributed by atoms with E-state index in [1.54, 1.807) is 0 Å². The molecule has 0 atom stereocenters. The Morgan fingerprint density at radius 1 is 0.806 bits per heavy atom. The molecule has 1 aliphatic heterocycles. The molecule has 2 aliphatic rings. The number of aromatic nitrogens is 1. The van der Waals surface area contributed by atoms with Gasteiger partial charge in [0.25, 0.3) is 0 Å². The molecule has 2 aromatic carbocycles. The second-order valence-electron chi connectivity index (χ2n) is 8.62. The van der Waals surface area contributed by atoms with Crippen molar-refractivity contribution in [1.29, 1.82) is 0 Å². The van der Waals surface area contributed by atoms with Crippen molar-refractivity contribution in [1.82, 2.24) is 9.88 Å². The van der Waals surface area contributed by atoms with E-state index >= 15 is 0 Å². The molecule has 1 amide bonds. The lowest BCUT2D eigenvalue weighted by Gasteiger charge is -2.36. The van der Waals surface area contributed by atoms with Crippen molar-refractivity contribution in [3.8, 4) is 28.0 Å². The number of amides is 1. The first kappa shape index (κ1) is 19.8. The fraction of sp³-hybridized carbons (Fsp3) is 0.333. The van der Waals surface area contributed by atoms with Crippen LogP contribution in [0.2, 0.25) is 0 Å². The molecule has 0 unspecified atom stereocenters. The summed E-state index contributed by atoms with van der Waals surface area (Å²) in [7, 11) is 0. The zero-order valence-corrected chi connectivity index (χ0v) is 17.7. The average Bonchev–Trinajstić information content (AvgIpc) is 2.80. The van der Waals surface area contributed by atoms with E-state index in [0.29, 0.717) is 11.8 Å². The van der Waals surface area contributed by atoms with Crippen molar-refractivity contribution in [2.24, 2.45) is 5.92 Å². The minimum atomic E-state index is 0.180. The van der Waals surface area contributed by atoms with Gasteiger partial charge in [0.1, 0.15) is 11.9 Å². The van der Waals surface area contributed by atoms with Crippen molar-refractivity contribution in [3.63, 3.8) is 0 Å². The van der Waals surface area contributed by atoms with Gasteiger partial charge >= 0.3 is 0 Å². The first-order valence-electron chi connectivity index (χ1n) is 11.3. The number of benzene rings is 2. The Bertz CT molecular complexity index is 1020. The maximum absolute atomic E-state index is 12.4. The molecule has 0 N–H and O–H groups in total. The summed E-state index contributed by atoms with van der Waals surface area (Å²) in [5.41, 5.74) is 4.50. The van der Waals surface area contributed by atoms with Gasteiger partial charge in [0.05, 0.1) is 0 Å². The minimum Gasteiger partial charge on any atom is -0.490 e. The molecule has 5 rings (SSSR count). The van der Waals surface area contributed by atoms with Gasteiger partial charge in [-0.15, -0.1) is 0 Å². The van der Waals surface area contributed by atoms with Gasteiger partial charge in [-0.05, 0) is 42.2 Å². The van der Waals surface area contributed by atoms with E-state index in [9.17, 15) is 4.79 Å². The van der Waals surface area contributed by atoms with E-state index in [-0.39, 0.29) is 6.10 Å². The molecule has 4 heteroatoms. The summed E-state index contributed by atoms with van der Waals surface area (Å²) < 4.78 is 6.21. The lowest BCUT2D eigenvalue weighted by atomic mass is 9.84. The van der Waals surface area contributed by atoms with Crippen LogP contribution in [0.15, 0.2) is 73.1 Å². The summed E-state index contributed by atoms with van der Waals surface area (Å²) in [5.74, 6) is 1.54. The zero-order chi connectivity index (χ0) is 21.0. The topological polar surface area (TPSA) is 42.4 Å². The van der Waals surface area contributed by atoms with Crippen molar-refractivity contribution >= 4 is 5.91 Å². The Hall–Kier alpha value is -3.14. The molecule has 158 valence electrons. The Kier molecular flexibility index (Phi) is 5.70. The first-order valence-corrected chi connectivity index (χ1v) is 11.3. The van der Waals surface area contributed by atoms with E-state index in [4.69, 9.17) is 4.74 Å². The fourth-order valence-corrected chi connectivity index (χ4v) is 4.41. The number of carbonyl (C=O) groups excluding carboxylic acids is 1. The van der Waals surface area contributed by atoms with Crippen LogP contribution >= 0.6 is 0 Å². The highest BCUT2D eigenvalue weighted by molar-refractivity contribution is 5.79. The fourth-order valence-electron chi connectivity index (χ4n) is 4.41. The number of likely N-dealkylation sites (tertiary alicyclic amines) is 1. The standard InChI is InChI=1S/C27H28N2O2/c30-27(22-7-4-8-22)29-15-13-26(14-16-29)31-25-11-9-21(10-12-25)24-17-23(18-28-19-24)20-5-2-1-3-6-20/h1-3,5-6,9-12,17-19,22,26H,4,7-8,13-16H2. The molecule has 31 heavy (non-hydrogen) atoms. The lowest BCUT2D eigenvalue weighted by Crippen LogP contribution is -2.45. The Morgan fingerprint density at radius 2 is 1.45 bits per heavy atom. The summed E-state index contributed by atoms with van der Waals surface area (Å²) in [6.07, 6.45) is 9.15. The maximum Gasteiger partial charge on any atom is 0.225 e. The summed E-state index contributed by atoms with van der Waals surface area (Å²) in [6.45, 7) is 1.63. The summed E-state index contributed by atoms with van der Waals surface area (Å²) in [4.78, 5) is 18.9. The highest BCUT2D eigenvalue weighted by Crippen LogP contribution is 2.30. The van der Waals surface area contributed by atoms with E-state index in [1.165, 1.54) is 12.0 Å². The smallest absolute Gasteiger partial charge is 0.225 e. The molecule has 0 radical (unpaired) electrons. The van der Waals surface area contributed by atoms with Crippen LogP contribution < -0.4 is 4.74 Å². The summed E-state index contributed by atoms with van der Waals surface area (Å²) in [6, 6.07) is 20.7. The number of carbonyl (C=O) groups is 1. The van der Waals surface area contributed by atoms with Gasteiger partial charge in [-0.1, -0.05) is 48.9 Å². The van der Waals surface area contributed by atoms with Gasteiger partial charge in [0, 0.05) is 55.4 Å². The van der Waals surface area contributed by atoms with Crippen LogP contribution in [0.4, 0.5) is 0 Å². The van der Waals surface area contributed by atoms with Gasteiger partial charge < -0.3 is 9.64 Å². The molecule has 2 fully saturated rings. The number of pyridine rings is 1. The molecule has 0 spiro atoms. The number of rotatable bonds is 5. The van der Waals surface area contributed by atoms with Crippen LogP contribution in [0.25, 0.3) is 22.3 Å². The second kappa shape index (κ2) is 8.93. The SMILES string of the molecule is O=C(C1CCC1)N1CCC(Oc2ccc(-c3cncc(-c4ccccc4)c3)cc2)CC1. The van der Waals surface area contributed by atoms with Crippen LogP contribution in [0.3, 0.4) is 0 Å². The van der Waals surface area contributed by atoms with Gasteiger partial charge in [-0.25, -0.2) is 0 Å². The lowest BCUT2D eigenvalue weighted by molar-refractivity contribution is -0.140. The first-order chi connectivity index (χ1) is 15.3. The monoisotopic (exact) mass is 412 g/mol. The molecule has 0 bridgehead atoms. The summed E-state index contributed by atoms with van der Waals surface area (Å²) in [5, 5.41) is 0. The van der Waals surface area contributed by atoms with Gasteiger partial charge in [0.15, 0.2) is 0 Å². The Morgan fingerprint density at radius 3 is 2.06 bits per heavy atom. The minimum absolute atomic E-state index is 0.180. The van der Waals surface area contributed by atoms with E-state index in [2.05, 4.69) is 35.3 Å². The zero-order valence-electron chi connectivity index (χ0n) is 17.7. The predicted octanol–water partition coefficient (Wildman–Crippen LogP) is 5.59. The number of piperidine rings is 1. The molecule has 1 saturated heterocycles. The molecule has 3 aromatic rings. The third-order valence-corrected chi connectivity index (χ3v) is 6.54. The highest BCUT2D eigenvalue weighted by atomic mass is 16.5. The van der Waals surface area contributed by atoms with E-state index in [1.807, 2.05) is 47.6 Å². The highest BCUT2D eigenvalue weighted by Gasteiger charge is 2.32. The molecule has 2 heterocycles. The molecular formula is C27H28N2O2. The van der Waals surface area contributed by atoms with Gasteiger partial charge in [-0.2, -0.15) is 0 Å². The maximum atomic E-state index is 12.4. The number of nitrogens with zero attached hydrogens (tertiary/aromatic N) is 2. The van der Waals surface area contributed by atoms with Crippen LogP contribution in [0, 0.1) is 5.92 Å². The van der Waals surface area contributed by atoms with Gasteiger partial charge in [-0.3, -0.25) is 9.78 Å². The summed E-state index contributed by atoms with van der Waals surface area (Å²) >= 11 is 0. The third-order valence-electron chi connectivity index (χ3n) is 6.54. The Labute approximate surface area is 183 Å². The quantitative estimate of drug-likeness (QED) is 0.549. The molecule has 1 aromatic heterocycles. The number of ether oxygens (including phenoxy) is 1. The van der Waals surface area contributed by atoms with Crippen molar-refractivity contribution in [2.75, 3.05) is 13.1 Å². The van der Waals surface area contributed by atoms with Crippen molar-refractivity contribution < 1.29 is 9.53 Å². The third kappa shape index (κ3) is 4.48. The van der Waals surface area contributed by atoms with Crippen molar-refractivity contribution in [3.05, 3.63) is 73.1 Å². The predicted molar refractivity (Wildman–Crippen MR) is 123 cm³/mol. The Balaban J connectivity index is 1.20. The number of hydrogen-bond acceptors (Lipinski definition) is 3. The van der Waals surface area contributed by atoms with Gasteiger partial charge in [0.2, 0.25) is 5.91 Å². The van der Waals surface area contributed by atoms with E-state index in [0.717, 1.165) is 61.2 Å². The van der Waals surface area contributed by atoms with Crippen LogP contribution in [-0.2, 0) is 4.79 Å². The molecule has 1 saturated carbocycles. The molecular weight excluding hydrogens is 384 g/mol. The van der Waals surface area contributed by atoms with Crippen molar-refractivity contribution in [2.45, 2.75) is 38.2 Å². The van der Waals surface area contributed by atoms with Crippen LogP contribution in [-0.4, -0.2) is 35.0 Å². The normalized spacial score (nSPS) is 17.2. The molecule has 1 aliphatic carbocycles. The number of hydrogen-bond donors (Lipinski definition) is 0. The van der Waals surface area contributed by atoms with Crippen LogP contribution in [0.1, 0.15) is 32.1 Å². The van der Waals surface area contributed by atoms with Crippen LogP contribution in [0.5, 0.6) is 5.75 Å². The average molecular weight is 413 g/mol. The second-order valence-corrected chi connectivity index (χ2v) is 8.62.